The van der Waals surface area contributed by atoms with Crippen LogP contribution in [0.2, 0.25) is 0 Å². The number of alkyl halides is 1. The molecule has 0 aliphatic carbocycles. The maximum Gasteiger partial charge on any atom is 0.130 e. The second-order valence-electron chi connectivity index (χ2n) is 7.74. The van der Waals surface area contributed by atoms with Crippen LogP contribution in [0.3, 0.4) is 0 Å². The van der Waals surface area contributed by atoms with Crippen molar-refractivity contribution in [2.75, 3.05) is 14.1 Å². The second kappa shape index (κ2) is 21.2. The van der Waals surface area contributed by atoms with Gasteiger partial charge in [-0.25, -0.2) is 4.39 Å². The topological polar surface area (TPSA) is 76.7 Å². The van der Waals surface area contributed by atoms with Gasteiger partial charge in [-0.15, -0.1) is 11.3 Å². The van der Waals surface area contributed by atoms with Gasteiger partial charge in [0.2, 0.25) is 0 Å². The van der Waals surface area contributed by atoms with Crippen LogP contribution in [0.1, 0.15) is 69.4 Å². The molecule has 0 fully saturated rings. The van der Waals surface area contributed by atoms with Gasteiger partial charge in [0, 0.05) is 16.2 Å². The SMILES string of the molecule is C=N.CC.CC(C)(F)c1ccccc1.CCC(CC=O)c1ccc(-c2cccc(C#N)c2)s1.CNC. The molecule has 0 bridgehead atoms. The van der Waals surface area contributed by atoms with E-state index in [-0.39, 0.29) is 0 Å². The molecule has 3 aromatic rings. The van der Waals surface area contributed by atoms with Crippen molar-refractivity contribution in [3.63, 3.8) is 0 Å². The van der Waals surface area contributed by atoms with E-state index in [9.17, 15) is 9.18 Å². The fourth-order valence-electron chi connectivity index (χ4n) is 2.90. The molecule has 4 nitrogen and oxygen atoms in total. The van der Waals surface area contributed by atoms with Gasteiger partial charge in [0.15, 0.2) is 0 Å². The van der Waals surface area contributed by atoms with E-state index in [2.05, 4.69) is 37.2 Å². The Morgan fingerprint density at radius 3 is 2.11 bits per heavy atom. The van der Waals surface area contributed by atoms with Crippen molar-refractivity contribution in [2.24, 2.45) is 0 Å². The molecular formula is C30H42FN3OS. The molecule has 0 amide bonds. The number of hydrogen-bond donors (Lipinski definition) is 2. The number of benzene rings is 2. The highest BCUT2D eigenvalue weighted by Gasteiger charge is 2.17. The Balaban J connectivity index is 0. The molecule has 0 aliphatic rings. The summed E-state index contributed by atoms with van der Waals surface area (Å²) in [7, 11) is 3.75. The summed E-state index contributed by atoms with van der Waals surface area (Å²) >= 11 is 1.71. The number of hydrogen-bond acceptors (Lipinski definition) is 5. The molecule has 0 spiro atoms. The first-order chi connectivity index (χ1) is 17.3. The van der Waals surface area contributed by atoms with Crippen LogP contribution in [-0.4, -0.2) is 27.1 Å². The van der Waals surface area contributed by atoms with E-state index >= 15 is 0 Å². The number of carbonyl (C=O) groups is 1. The highest BCUT2D eigenvalue weighted by Crippen LogP contribution is 2.34. The minimum Gasteiger partial charge on any atom is -0.323 e. The van der Waals surface area contributed by atoms with Crippen molar-refractivity contribution >= 4 is 24.3 Å². The monoisotopic (exact) mass is 511 g/mol. The highest BCUT2D eigenvalue weighted by molar-refractivity contribution is 7.15. The zero-order valence-corrected chi connectivity index (χ0v) is 23.6. The van der Waals surface area contributed by atoms with E-state index in [1.807, 2.05) is 64.3 Å². The predicted molar refractivity (Wildman–Crippen MR) is 155 cm³/mol. The normalized spacial score (nSPS) is 10.2. The van der Waals surface area contributed by atoms with Crippen molar-refractivity contribution in [1.29, 1.82) is 10.7 Å². The van der Waals surface area contributed by atoms with Gasteiger partial charge in [0.05, 0.1) is 11.6 Å². The van der Waals surface area contributed by atoms with Gasteiger partial charge in [-0.3, -0.25) is 0 Å². The van der Waals surface area contributed by atoms with Crippen molar-refractivity contribution < 1.29 is 9.18 Å². The average Bonchev–Trinajstić information content (AvgIpc) is 3.41. The van der Waals surface area contributed by atoms with Crippen LogP contribution in [0.5, 0.6) is 0 Å². The molecule has 3 rings (SSSR count). The lowest BCUT2D eigenvalue weighted by Crippen LogP contribution is -2.07. The first-order valence-corrected chi connectivity index (χ1v) is 12.8. The maximum absolute atomic E-state index is 13.1. The van der Waals surface area contributed by atoms with E-state index in [1.165, 1.54) is 4.88 Å². The Morgan fingerprint density at radius 2 is 1.67 bits per heavy atom. The lowest BCUT2D eigenvalue weighted by Gasteiger charge is -2.13. The standard InChI is InChI=1S/C16H15NOS.C9H11F.C2H7N.C2H6.CH3N/c1-2-13(8-9-18)15-6-7-16(19-15)14-5-3-4-12(10-14)11-17;1-9(2,10)8-6-4-3-5-7-8;1-3-2;2*1-2/h3-7,9-10,13H,2,8H2,1H3;3-7H,1-2H3;3H,1-2H3;1-2H3;2H,1H2. The number of nitrogens with zero attached hydrogens (tertiary/aromatic N) is 1. The summed E-state index contributed by atoms with van der Waals surface area (Å²) in [5.74, 6) is 0.315. The molecule has 1 atom stereocenters. The minimum absolute atomic E-state index is 0.315. The van der Waals surface area contributed by atoms with Gasteiger partial charge < -0.3 is 15.5 Å². The van der Waals surface area contributed by atoms with Crippen LogP contribution < -0.4 is 5.32 Å². The molecule has 0 saturated heterocycles. The molecule has 1 unspecified atom stereocenters. The first kappa shape index (κ1) is 35.0. The number of halogens is 1. The third kappa shape index (κ3) is 13.7. The molecular weight excluding hydrogens is 469 g/mol. The van der Waals surface area contributed by atoms with E-state index in [1.54, 1.807) is 43.4 Å². The first-order valence-electron chi connectivity index (χ1n) is 12.0. The predicted octanol–water partition coefficient (Wildman–Crippen LogP) is 8.39. The minimum atomic E-state index is -1.21. The molecule has 0 aliphatic heterocycles. The zero-order chi connectivity index (χ0) is 28.0. The van der Waals surface area contributed by atoms with Crippen molar-refractivity contribution in [2.45, 2.75) is 59.0 Å². The fraction of sp³-hybridized carbons (Fsp3) is 0.367. The third-order valence-electron chi connectivity index (χ3n) is 4.64. The van der Waals surface area contributed by atoms with Gasteiger partial charge in [0.1, 0.15) is 12.0 Å². The number of nitrogens with one attached hydrogen (secondary N) is 2. The Kier molecular flexibility index (Phi) is 20.6. The van der Waals surface area contributed by atoms with Gasteiger partial charge >= 0.3 is 0 Å². The van der Waals surface area contributed by atoms with Crippen LogP contribution in [-0.2, 0) is 10.5 Å². The summed E-state index contributed by atoms with van der Waals surface area (Å²) in [4.78, 5) is 13.1. The summed E-state index contributed by atoms with van der Waals surface area (Å²) in [6.07, 6.45) is 2.54. The van der Waals surface area contributed by atoms with Crippen molar-refractivity contribution in [3.05, 3.63) is 82.7 Å². The lowest BCUT2D eigenvalue weighted by molar-refractivity contribution is -0.108. The molecule has 2 N–H and O–H groups in total. The number of rotatable bonds is 6. The Morgan fingerprint density at radius 1 is 1.08 bits per heavy atom. The summed E-state index contributed by atoms with van der Waals surface area (Å²) in [6.45, 7) is 11.7. The van der Waals surface area contributed by atoms with E-state index in [0.717, 1.165) is 28.7 Å². The smallest absolute Gasteiger partial charge is 0.130 e. The molecule has 2 aromatic carbocycles. The van der Waals surface area contributed by atoms with Gasteiger partial charge in [-0.2, -0.15) is 5.26 Å². The van der Waals surface area contributed by atoms with Gasteiger partial charge in [0.25, 0.3) is 0 Å². The molecule has 1 aromatic heterocycles. The van der Waals surface area contributed by atoms with Crippen LogP contribution in [0.25, 0.3) is 10.4 Å². The van der Waals surface area contributed by atoms with E-state index < -0.39 is 5.67 Å². The largest absolute Gasteiger partial charge is 0.323 e. The number of thiophene rings is 1. The summed E-state index contributed by atoms with van der Waals surface area (Å²) < 4.78 is 13.1. The Bertz CT molecular complexity index is 991. The molecule has 6 heteroatoms. The van der Waals surface area contributed by atoms with E-state index in [0.29, 0.717) is 17.9 Å². The number of aldehydes is 1. The molecule has 36 heavy (non-hydrogen) atoms. The van der Waals surface area contributed by atoms with Crippen LogP contribution in [0.4, 0.5) is 4.39 Å². The third-order valence-corrected chi connectivity index (χ3v) is 5.94. The molecule has 0 saturated carbocycles. The zero-order valence-electron chi connectivity index (χ0n) is 22.8. The molecule has 1 heterocycles. The van der Waals surface area contributed by atoms with Gasteiger partial charge in [-0.05, 0) is 82.4 Å². The van der Waals surface area contributed by atoms with Crippen molar-refractivity contribution in [1.82, 2.24) is 5.32 Å². The highest BCUT2D eigenvalue weighted by atomic mass is 32.1. The second-order valence-corrected chi connectivity index (χ2v) is 8.86. The average molecular weight is 512 g/mol. The van der Waals surface area contributed by atoms with Crippen LogP contribution >= 0.6 is 11.3 Å². The summed E-state index contributed by atoms with van der Waals surface area (Å²) in [6, 6.07) is 23.1. The fourth-order valence-corrected chi connectivity index (χ4v) is 4.10. The Labute approximate surface area is 221 Å². The molecule has 0 radical (unpaired) electrons. The van der Waals surface area contributed by atoms with Crippen LogP contribution in [0, 0.1) is 16.7 Å². The summed E-state index contributed by atoms with van der Waals surface area (Å²) in [5, 5.41) is 17.2. The lowest BCUT2D eigenvalue weighted by atomic mass is 10.0. The van der Waals surface area contributed by atoms with Crippen LogP contribution in [0.15, 0.2) is 66.7 Å². The van der Waals surface area contributed by atoms with Gasteiger partial charge in [-0.1, -0.05) is 63.2 Å². The maximum atomic E-state index is 13.1. The van der Waals surface area contributed by atoms with E-state index in [4.69, 9.17) is 10.7 Å². The molecule has 196 valence electrons. The van der Waals surface area contributed by atoms with Crippen molar-refractivity contribution in [3.8, 4) is 16.5 Å². The quantitative estimate of drug-likeness (QED) is 0.258. The number of nitriles is 1. The summed E-state index contributed by atoms with van der Waals surface area (Å²) in [5.41, 5.74) is 1.26. The number of carbonyl (C=O) groups excluding carboxylic acids is 1. The Hall–Kier alpha value is -3.14.